The molecule has 0 rings (SSSR count). The summed E-state index contributed by atoms with van der Waals surface area (Å²) in [4.78, 5) is 12.9. The molecule has 3 nitrogen and oxygen atoms in total. The predicted octanol–water partition coefficient (Wildman–Crippen LogP) is 2.21. The quantitative estimate of drug-likeness (QED) is 0.611. The number of amides is 1. The van der Waals surface area contributed by atoms with Crippen LogP contribution in [0, 0.1) is 0 Å². The van der Waals surface area contributed by atoms with Gasteiger partial charge in [-0.3, -0.25) is 0 Å². The van der Waals surface area contributed by atoms with Gasteiger partial charge in [-0.05, 0) is 13.8 Å². The molecule has 74 valence electrons. The topological polar surface area (TPSA) is 29.5 Å². The zero-order valence-electron chi connectivity index (χ0n) is 8.32. The first-order valence-electron chi connectivity index (χ1n) is 4.29. The molecule has 0 aliphatic rings. The van der Waals surface area contributed by atoms with E-state index in [-0.39, 0.29) is 12.2 Å². The van der Waals surface area contributed by atoms with Crippen molar-refractivity contribution >= 4 is 6.09 Å². The van der Waals surface area contributed by atoms with Gasteiger partial charge in [-0.1, -0.05) is 12.2 Å². The van der Waals surface area contributed by atoms with Gasteiger partial charge in [0.1, 0.15) is 0 Å². The van der Waals surface area contributed by atoms with Crippen molar-refractivity contribution in [2.75, 3.05) is 13.1 Å². The molecule has 0 bridgehead atoms. The van der Waals surface area contributed by atoms with E-state index in [4.69, 9.17) is 4.74 Å². The number of carbonyl (C=O) groups is 1. The first kappa shape index (κ1) is 11.8. The smallest absolute Gasteiger partial charge is 0.410 e. The van der Waals surface area contributed by atoms with Crippen LogP contribution in [0.5, 0.6) is 0 Å². The average molecular weight is 183 g/mol. The Bertz CT molecular complexity index is 177. The summed E-state index contributed by atoms with van der Waals surface area (Å²) in [6.07, 6.45) is 2.90. The van der Waals surface area contributed by atoms with E-state index in [1.807, 2.05) is 13.8 Å². The maximum atomic E-state index is 11.3. The number of hydrogen-bond donors (Lipinski definition) is 0. The van der Waals surface area contributed by atoms with Crippen LogP contribution in [-0.4, -0.2) is 30.2 Å². The lowest BCUT2D eigenvalue weighted by molar-refractivity contribution is 0.0833. The lowest BCUT2D eigenvalue weighted by Crippen LogP contribution is -2.33. The monoisotopic (exact) mass is 183 g/mol. The first-order valence-corrected chi connectivity index (χ1v) is 4.29. The predicted molar refractivity (Wildman–Crippen MR) is 53.6 cm³/mol. The molecule has 3 heteroatoms. The molecule has 0 radical (unpaired) electrons. The van der Waals surface area contributed by atoms with Crippen molar-refractivity contribution in [2.45, 2.75) is 20.0 Å². The van der Waals surface area contributed by atoms with E-state index >= 15 is 0 Å². The number of ether oxygens (including phenoxy) is 1. The Morgan fingerprint density at radius 2 is 1.85 bits per heavy atom. The molecule has 0 aromatic carbocycles. The molecule has 0 unspecified atom stereocenters. The van der Waals surface area contributed by atoms with Crippen molar-refractivity contribution in [3.8, 4) is 0 Å². The van der Waals surface area contributed by atoms with Crippen molar-refractivity contribution in [3.63, 3.8) is 0 Å². The summed E-state index contributed by atoms with van der Waals surface area (Å²) in [5.41, 5.74) is 0. The van der Waals surface area contributed by atoms with Gasteiger partial charge in [0.15, 0.2) is 0 Å². The van der Waals surface area contributed by atoms with Crippen LogP contribution < -0.4 is 0 Å². The highest BCUT2D eigenvalue weighted by molar-refractivity contribution is 5.68. The van der Waals surface area contributed by atoms with Crippen molar-refractivity contribution in [1.29, 1.82) is 0 Å². The molecule has 0 aliphatic carbocycles. The van der Waals surface area contributed by atoms with Crippen molar-refractivity contribution in [1.82, 2.24) is 4.90 Å². The SMILES string of the molecule is C=CCN(CC=C)C(=O)OC(C)C. The van der Waals surface area contributed by atoms with Gasteiger partial charge < -0.3 is 9.64 Å². The molecule has 0 aromatic rings. The minimum Gasteiger partial charge on any atom is -0.447 e. The number of carbonyl (C=O) groups excluding carboxylic acids is 1. The fraction of sp³-hybridized carbons (Fsp3) is 0.500. The standard InChI is InChI=1S/C10H17NO2/c1-5-7-11(8-6-2)10(12)13-9(3)4/h5-6,9H,1-2,7-8H2,3-4H3. The maximum absolute atomic E-state index is 11.3. The molecule has 13 heavy (non-hydrogen) atoms. The Labute approximate surface area is 79.7 Å². The van der Waals surface area contributed by atoms with E-state index in [1.165, 1.54) is 4.90 Å². The van der Waals surface area contributed by atoms with Gasteiger partial charge in [0.2, 0.25) is 0 Å². The van der Waals surface area contributed by atoms with Crippen LogP contribution in [0.4, 0.5) is 4.79 Å². The van der Waals surface area contributed by atoms with Crippen molar-refractivity contribution in [3.05, 3.63) is 25.3 Å². The fourth-order valence-corrected chi connectivity index (χ4v) is 0.811. The lowest BCUT2D eigenvalue weighted by atomic mass is 10.4. The summed E-state index contributed by atoms with van der Waals surface area (Å²) >= 11 is 0. The van der Waals surface area contributed by atoms with E-state index in [0.717, 1.165) is 0 Å². The summed E-state index contributed by atoms with van der Waals surface area (Å²) in [6.45, 7) is 11.7. The van der Waals surface area contributed by atoms with Crippen LogP contribution in [0.2, 0.25) is 0 Å². The molecule has 0 spiro atoms. The molecule has 0 heterocycles. The highest BCUT2D eigenvalue weighted by Crippen LogP contribution is 1.98. The van der Waals surface area contributed by atoms with E-state index in [0.29, 0.717) is 13.1 Å². The molecule has 0 aromatic heterocycles. The van der Waals surface area contributed by atoms with Gasteiger partial charge >= 0.3 is 6.09 Å². The van der Waals surface area contributed by atoms with Gasteiger partial charge in [0.25, 0.3) is 0 Å². The summed E-state index contributed by atoms with van der Waals surface area (Å²) in [5, 5.41) is 0. The number of rotatable bonds is 5. The minimum absolute atomic E-state index is 0.0929. The summed E-state index contributed by atoms with van der Waals surface area (Å²) in [6, 6.07) is 0. The molecule has 0 saturated heterocycles. The summed E-state index contributed by atoms with van der Waals surface area (Å²) in [5.74, 6) is 0. The van der Waals surface area contributed by atoms with Crippen LogP contribution >= 0.6 is 0 Å². The third-order valence-corrected chi connectivity index (χ3v) is 1.29. The summed E-state index contributed by atoms with van der Waals surface area (Å²) in [7, 11) is 0. The molecule has 0 atom stereocenters. The van der Waals surface area contributed by atoms with E-state index in [1.54, 1.807) is 12.2 Å². The molecule has 1 amide bonds. The zero-order valence-corrected chi connectivity index (χ0v) is 8.32. The van der Waals surface area contributed by atoms with Crippen LogP contribution in [-0.2, 0) is 4.74 Å². The highest BCUT2D eigenvalue weighted by atomic mass is 16.6. The molecule has 0 N–H and O–H groups in total. The Morgan fingerprint density at radius 3 is 2.15 bits per heavy atom. The van der Waals surface area contributed by atoms with Crippen LogP contribution in [0.3, 0.4) is 0 Å². The Hall–Kier alpha value is -1.25. The molecule has 0 saturated carbocycles. The van der Waals surface area contributed by atoms with Crippen molar-refractivity contribution in [2.24, 2.45) is 0 Å². The Balaban J connectivity index is 4.09. The second kappa shape index (κ2) is 6.29. The number of hydrogen-bond acceptors (Lipinski definition) is 2. The normalized spacial score (nSPS) is 9.46. The second-order valence-electron chi connectivity index (χ2n) is 2.91. The molecular weight excluding hydrogens is 166 g/mol. The zero-order chi connectivity index (χ0) is 10.3. The van der Waals surface area contributed by atoms with E-state index in [9.17, 15) is 4.79 Å². The lowest BCUT2D eigenvalue weighted by Gasteiger charge is -2.20. The maximum Gasteiger partial charge on any atom is 0.410 e. The van der Waals surface area contributed by atoms with Crippen LogP contribution in [0.1, 0.15) is 13.8 Å². The largest absolute Gasteiger partial charge is 0.447 e. The van der Waals surface area contributed by atoms with E-state index in [2.05, 4.69) is 13.2 Å². The fourth-order valence-electron chi connectivity index (χ4n) is 0.811. The third-order valence-electron chi connectivity index (χ3n) is 1.29. The van der Waals surface area contributed by atoms with Gasteiger partial charge in [-0.15, -0.1) is 13.2 Å². The molecular formula is C10H17NO2. The molecule has 0 fully saturated rings. The molecule has 0 aliphatic heterocycles. The van der Waals surface area contributed by atoms with E-state index < -0.39 is 0 Å². The van der Waals surface area contributed by atoms with Gasteiger partial charge in [-0.25, -0.2) is 4.79 Å². The van der Waals surface area contributed by atoms with Gasteiger partial charge in [0.05, 0.1) is 6.10 Å². The number of nitrogens with zero attached hydrogens (tertiary/aromatic N) is 1. The Kier molecular flexibility index (Phi) is 5.68. The van der Waals surface area contributed by atoms with Gasteiger partial charge in [-0.2, -0.15) is 0 Å². The van der Waals surface area contributed by atoms with Gasteiger partial charge in [0, 0.05) is 13.1 Å². The third kappa shape index (κ3) is 5.06. The Morgan fingerprint density at radius 1 is 1.38 bits per heavy atom. The summed E-state index contributed by atoms with van der Waals surface area (Å²) < 4.78 is 5.01. The minimum atomic E-state index is -0.324. The average Bonchev–Trinajstić information content (AvgIpc) is 2.02. The van der Waals surface area contributed by atoms with Crippen LogP contribution in [0.25, 0.3) is 0 Å². The first-order chi connectivity index (χ1) is 6.11. The second-order valence-corrected chi connectivity index (χ2v) is 2.91. The highest BCUT2D eigenvalue weighted by Gasteiger charge is 2.12. The van der Waals surface area contributed by atoms with Crippen LogP contribution in [0.15, 0.2) is 25.3 Å². The van der Waals surface area contributed by atoms with Crippen molar-refractivity contribution < 1.29 is 9.53 Å².